The molecule has 1 amide bonds. The Morgan fingerprint density at radius 1 is 1.45 bits per heavy atom. The van der Waals surface area contributed by atoms with E-state index in [1.54, 1.807) is 6.07 Å². The smallest absolute Gasteiger partial charge is 0.271 e. The normalized spacial score (nSPS) is 15.8. The molecule has 1 heterocycles. The van der Waals surface area contributed by atoms with Gasteiger partial charge in [0.1, 0.15) is 0 Å². The van der Waals surface area contributed by atoms with Crippen molar-refractivity contribution in [2.24, 2.45) is 0 Å². The summed E-state index contributed by atoms with van der Waals surface area (Å²) in [7, 11) is 0. The minimum atomic E-state index is -0.467. The zero-order chi connectivity index (χ0) is 14.5. The first kappa shape index (κ1) is 14.4. The SMILES string of the molecule is Cc1ccc([N+](=O)[O-])cc1NC(=O)CN1CCNCC1. The lowest BCUT2D eigenvalue weighted by Crippen LogP contribution is -2.46. The molecule has 2 N–H and O–H groups in total. The molecule has 0 spiro atoms. The minimum absolute atomic E-state index is 0.0203. The van der Waals surface area contributed by atoms with E-state index in [1.807, 2.05) is 6.92 Å². The third-order valence-corrected chi connectivity index (χ3v) is 3.28. The first-order chi connectivity index (χ1) is 9.56. The van der Waals surface area contributed by atoms with E-state index in [4.69, 9.17) is 0 Å². The monoisotopic (exact) mass is 278 g/mol. The molecule has 0 unspecified atom stereocenters. The largest absolute Gasteiger partial charge is 0.324 e. The Labute approximate surface area is 117 Å². The zero-order valence-corrected chi connectivity index (χ0v) is 11.4. The van der Waals surface area contributed by atoms with Gasteiger partial charge in [-0.15, -0.1) is 0 Å². The van der Waals surface area contributed by atoms with E-state index in [-0.39, 0.29) is 11.6 Å². The number of hydrogen-bond donors (Lipinski definition) is 2. The van der Waals surface area contributed by atoms with Crippen LogP contribution in [0.2, 0.25) is 0 Å². The number of nitro groups is 1. The lowest BCUT2D eigenvalue weighted by Gasteiger charge is -2.26. The van der Waals surface area contributed by atoms with Gasteiger partial charge >= 0.3 is 0 Å². The van der Waals surface area contributed by atoms with Crippen LogP contribution in [0.1, 0.15) is 5.56 Å². The van der Waals surface area contributed by atoms with Crippen LogP contribution in [0.5, 0.6) is 0 Å². The van der Waals surface area contributed by atoms with Gasteiger partial charge in [0, 0.05) is 38.3 Å². The highest BCUT2D eigenvalue weighted by molar-refractivity contribution is 5.93. The predicted octanol–water partition coefficient (Wildman–Crippen LogP) is 0.747. The number of nitrogens with one attached hydrogen (secondary N) is 2. The minimum Gasteiger partial charge on any atom is -0.324 e. The van der Waals surface area contributed by atoms with E-state index in [9.17, 15) is 14.9 Å². The summed E-state index contributed by atoms with van der Waals surface area (Å²) in [6.45, 7) is 5.54. The number of amides is 1. The molecule has 2 rings (SSSR count). The van der Waals surface area contributed by atoms with Crippen molar-refractivity contribution in [2.45, 2.75) is 6.92 Å². The fraction of sp³-hybridized carbons (Fsp3) is 0.462. The Bertz CT molecular complexity index is 512. The van der Waals surface area contributed by atoms with Crippen LogP contribution in [0.15, 0.2) is 18.2 Å². The summed E-state index contributed by atoms with van der Waals surface area (Å²) in [6, 6.07) is 4.46. The highest BCUT2D eigenvalue weighted by Gasteiger charge is 2.15. The molecule has 20 heavy (non-hydrogen) atoms. The van der Waals surface area contributed by atoms with E-state index >= 15 is 0 Å². The second-order valence-corrected chi connectivity index (χ2v) is 4.83. The van der Waals surface area contributed by atoms with E-state index in [2.05, 4.69) is 15.5 Å². The lowest BCUT2D eigenvalue weighted by molar-refractivity contribution is -0.384. The summed E-state index contributed by atoms with van der Waals surface area (Å²) in [5.41, 5.74) is 1.29. The summed E-state index contributed by atoms with van der Waals surface area (Å²) in [4.78, 5) is 24.3. The summed E-state index contributed by atoms with van der Waals surface area (Å²) in [5.74, 6) is -0.143. The molecule has 0 radical (unpaired) electrons. The second kappa shape index (κ2) is 6.44. The van der Waals surface area contributed by atoms with Gasteiger partial charge in [-0.2, -0.15) is 0 Å². The topological polar surface area (TPSA) is 87.5 Å². The second-order valence-electron chi connectivity index (χ2n) is 4.83. The van der Waals surface area contributed by atoms with Crippen LogP contribution >= 0.6 is 0 Å². The van der Waals surface area contributed by atoms with Crippen LogP contribution < -0.4 is 10.6 Å². The number of rotatable bonds is 4. The van der Waals surface area contributed by atoms with Gasteiger partial charge < -0.3 is 10.6 Å². The average Bonchev–Trinajstić information content (AvgIpc) is 2.42. The number of nitro benzene ring substituents is 1. The Morgan fingerprint density at radius 2 is 2.15 bits per heavy atom. The Balaban J connectivity index is 1.99. The maximum Gasteiger partial charge on any atom is 0.271 e. The van der Waals surface area contributed by atoms with Crippen molar-refractivity contribution in [3.8, 4) is 0 Å². The van der Waals surface area contributed by atoms with E-state index in [1.165, 1.54) is 12.1 Å². The highest BCUT2D eigenvalue weighted by atomic mass is 16.6. The highest BCUT2D eigenvalue weighted by Crippen LogP contribution is 2.21. The van der Waals surface area contributed by atoms with Crippen LogP contribution in [0, 0.1) is 17.0 Å². The van der Waals surface area contributed by atoms with Gasteiger partial charge in [0.25, 0.3) is 5.69 Å². The lowest BCUT2D eigenvalue weighted by atomic mass is 10.2. The molecule has 1 aromatic rings. The quantitative estimate of drug-likeness (QED) is 0.626. The molecule has 7 nitrogen and oxygen atoms in total. The van der Waals surface area contributed by atoms with Crippen LogP contribution in [-0.4, -0.2) is 48.5 Å². The van der Waals surface area contributed by atoms with Gasteiger partial charge in [-0.05, 0) is 12.5 Å². The maximum atomic E-state index is 12.0. The van der Waals surface area contributed by atoms with Crippen molar-refractivity contribution in [3.05, 3.63) is 33.9 Å². The number of aryl methyl sites for hydroxylation is 1. The summed E-state index contributed by atoms with van der Waals surface area (Å²) < 4.78 is 0. The number of carbonyl (C=O) groups is 1. The van der Waals surface area contributed by atoms with E-state index < -0.39 is 4.92 Å². The van der Waals surface area contributed by atoms with Gasteiger partial charge in [0.15, 0.2) is 0 Å². The van der Waals surface area contributed by atoms with Crippen molar-refractivity contribution < 1.29 is 9.72 Å². The van der Waals surface area contributed by atoms with Crippen molar-refractivity contribution in [3.63, 3.8) is 0 Å². The van der Waals surface area contributed by atoms with Gasteiger partial charge in [0.05, 0.1) is 17.2 Å². The number of carbonyl (C=O) groups excluding carboxylic acids is 1. The number of benzene rings is 1. The fourth-order valence-electron chi connectivity index (χ4n) is 2.12. The molecule has 0 aromatic heterocycles. The Kier molecular flexibility index (Phi) is 4.65. The Hall–Kier alpha value is -1.99. The zero-order valence-electron chi connectivity index (χ0n) is 11.4. The number of piperazine rings is 1. The Morgan fingerprint density at radius 3 is 2.80 bits per heavy atom. The van der Waals surface area contributed by atoms with Crippen LogP contribution in [0.3, 0.4) is 0 Å². The number of nitrogens with zero attached hydrogens (tertiary/aromatic N) is 2. The number of hydrogen-bond acceptors (Lipinski definition) is 5. The van der Waals surface area contributed by atoms with Crippen molar-refractivity contribution >= 4 is 17.3 Å². The molecule has 1 aromatic carbocycles. The molecule has 1 aliphatic rings. The van der Waals surface area contributed by atoms with Crippen LogP contribution in [0.4, 0.5) is 11.4 Å². The van der Waals surface area contributed by atoms with Gasteiger partial charge in [-0.3, -0.25) is 19.8 Å². The predicted molar refractivity (Wildman–Crippen MR) is 75.8 cm³/mol. The third-order valence-electron chi connectivity index (χ3n) is 3.28. The van der Waals surface area contributed by atoms with Gasteiger partial charge in [-0.1, -0.05) is 6.07 Å². The molecule has 0 bridgehead atoms. The molecular formula is C13H18N4O3. The summed E-state index contributed by atoms with van der Waals surface area (Å²) in [5, 5.41) is 16.7. The molecule has 1 aliphatic heterocycles. The third kappa shape index (κ3) is 3.75. The number of anilines is 1. The summed E-state index contributed by atoms with van der Waals surface area (Å²) >= 11 is 0. The first-order valence-electron chi connectivity index (χ1n) is 6.54. The molecule has 0 atom stereocenters. The van der Waals surface area contributed by atoms with E-state index in [0.29, 0.717) is 12.2 Å². The molecule has 108 valence electrons. The molecule has 0 saturated carbocycles. The van der Waals surface area contributed by atoms with Crippen LogP contribution in [0.25, 0.3) is 0 Å². The van der Waals surface area contributed by atoms with Crippen molar-refractivity contribution in [1.82, 2.24) is 10.2 Å². The van der Waals surface area contributed by atoms with Crippen molar-refractivity contribution in [1.29, 1.82) is 0 Å². The fourth-order valence-corrected chi connectivity index (χ4v) is 2.12. The molecule has 0 aliphatic carbocycles. The molecule has 7 heteroatoms. The molecular weight excluding hydrogens is 260 g/mol. The average molecular weight is 278 g/mol. The molecule has 1 saturated heterocycles. The van der Waals surface area contributed by atoms with Crippen molar-refractivity contribution in [2.75, 3.05) is 38.0 Å². The molecule has 1 fully saturated rings. The van der Waals surface area contributed by atoms with Gasteiger partial charge in [-0.25, -0.2) is 0 Å². The van der Waals surface area contributed by atoms with E-state index in [0.717, 1.165) is 31.7 Å². The van der Waals surface area contributed by atoms with Gasteiger partial charge in [0.2, 0.25) is 5.91 Å². The maximum absolute atomic E-state index is 12.0. The first-order valence-corrected chi connectivity index (χ1v) is 6.54. The summed E-state index contributed by atoms with van der Waals surface area (Å²) in [6.07, 6.45) is 0. The standard InChI is InChI=1S/C13H18N4O3/c1-10-2-3-11(17(19)20)8-12(10)15-13(18)9-16-6-4-14-5-7-16/h2-3,8,14H,4-7,9H2,1H3,(H,15,18). The van der Waals surface area contributed by atoms with Crippen LogP contribution in [-0.2, 0) is 4.79 Å². The number of non-ortho nitro benzene ring substituents is 1.